The minimum atomic E-state index is 0. The first kappa shape index (κ1) is 22.9. The highest BCUT2D eigenvalue weighted by atomic mass is 127. The summed E-state index contributed by atoms with van der Waals surface area (Å²) in [6.45, 7) is 9.48. The quantitative estimate of drug-likeness (QED) is 0.246. The van der Waals surface area contributed by atoms with Crippen molar-refractivity contribution < 1.29 is 9.26 Å². The smallest absolute Gasteiger partial charge is 0.228 e. The van der Waals surface area contributed by atoms with Crippen LogP contribution in [0.25, 0.3) is 0 Å². The third-order valence-electron chi connectivity index (χ3n) is 3.63. The molecule has 7 nitrogen and oxygen atoms in total. The molecule has 27 heavy (non-hydrogen) atoms. The molecule has 0 fully saturated rings. The standard InChI is InChI=1S/C19H27N5O2.HI/c1-5-12-25-16-9-7-6-8-15(16)13-22-19(20-4)21-11-10-17-23-18(14(2)3)24-26-17;/h5-9,14H,1,10-13H2,2-4H3,(H2,20,21,22);1H. The Bertz CT molecular complexity index is 730. The summed E-state index contributed by atoms with van der Waals surface area (Å²) in [5, 5.41) is 10.5. The van der Waals surface area contributed by atoms with Crippen LogP contribution in [0.3, 0.4) is 0 Å². The number of rotatable bonds is 9. The molecule has 0 unspecified atom stereocenters. The molecule has 1 aromatic heterocycles. The van der Waals surface area contributed by atoms with E-state index >= 15 is 0 Å². The molecule has 0 aliphatic carbocycles. The summed E-state index contributed by atoms with van der Waals surface area (Å²) in [6.07, 6.45) is 2.37. The topological polar surface area (TPSA) is 84.6 Å². The number of para-hydroxylation sites is 1. The number of aromatic nitrogens is 2. The van der Waals surface area contributed by atoms with Gasteiger partial charge in [-0.15, -0.1) is 24.0 Å². The third kappa shape index (κ3) is 7.58. The van der Waals surface area contributed by atoms with Crippen LogP contribution in [0.1, 0.15) is 37.0 Å². The first-order valence-corrected chi connectivity index (χ1v) is 8.72. The number of benzene rings is 1. The molecule has 0 saturated carbocycles. The summed E-state index contributed by atoms with van der Waals surface area (Å²) in [4.78, 5) is 8.59. The molecule has 1 heterocycles. The maximum atomic E-state index is 5.67. The van der Waals surface area contributed by atoms with Crippen molar-refractivity contribution in [3.05, 3.63) is 54.2 Å². The predicted molar refractivity (Wildman–Crippen MR) is 118 cm³/mol. The Morgan fingerprint density at radius 1 is 1.33 bits per heavy atom. The van der Waals surface area contributed by atoms with Gasteiger partial charge in [-0.2, -0.15) is 4.98 Å². The fraction of sp³-hybridized carbons (Fsp3) is 0.421. The maximum absolute atomic E-state index is 5.67. The first-order valence-electron chi connectivity index (χ1n) is 8.72. The van der Waals surface area contributed by atoms with Gasteiger partial charge in [-0.1, -0.05) is 49.9 Å². The third-order valence-corrected chi connectivity index (χ3v) is 3.63. The Balaban J connectivity index is 0.00000364. The Hall–Kier alpha value is -2.10. The van der Waals surface area contributed by atoms with Crippen LogP contribution in [0.15, 0.2) is 46.4 Å². The molecule has 8 heteroatoms. The zero-order valence-electron chi connectivity index (χ0n) is 16.1. The lowest BCUT2D eigenvalue weighted by molar-refractivity contribution is 0.358. The van der Waals surface area contributed by atoms with Crippen molar-refractivity contribution in [3.63, 3.8) is 0 Å². The highest BCUT2D eigenvalue weighted by Gasteiger charge is 2.09. The normalized spacial score (nSPS) is 11.0. The maximum Gasteiger partial charge on any atom is 0.228 e. The molecule has 1 aromatic carbocycles. The van der Waals surface area contributed by atoms with Crippen LogP contribution in [0.2, 0.25) is 0 Å². The Labute approximate surface area is 177 Å². The molecule has 0 aliphatic heterocycles. The van der Waals surface area contributed by atoms with Crippen molar-refractivity contribution in [1.82, 2.24) is 20.8 Å². The van der Waals surface area contributed by atoms with Gasteiger partial charge in [0.1, 0.15) is 12.4 Å². The van der Waals surface area contributed by atoms with Gasteiger partial charge in [-0.25, -0.2) is 0 Å². The summed E-state index contributed by atoms with van der Waals surface area (Å²) >= 11 is 0. The molecule has 2 N–H and O–H groups in total. The van der Waals surface area contributed by atoms with E-state index in [9.17, 15) is 0 Å². The number of guanidine groups is 1. The highest BCUT2D eigenvalue weighted by Crippen LogP contribution is 2.17. The van der Waals surface area contributed by atoms with E-state index in [2.05, 4.69) is 32.3 Å². The van der Waals surface area contributed by atoms with Crippen LogP contribution in [0.4, 0.5) is 0 Å². The molecular weight excluding hydrogens is 457 g/mol. The van der Waals surface area contributed by atoms with Crippen LogP contribution in [-0.2, 0) is 13.0 Å². The van der Waals surface area contributed by atoms with Crippen molar-refractivity contribution in [2.24, 2.45) is 4.99 Å². The van der Waals surface area contributed by atoms with E-state index in [0.29, 0.717) is 38.0 Å². The number of hydrogen-bond donors (Lipinski definition) is 2. The van der Waals surface area contributed by atoms with Gasteiger partial charge in [0.25, 0.3) is 0 Å². The van der Waals surface area contributed by atoms with Gasteiger partial charge >= 0.3 is 0 Å². The van der Waals surface area contributed by atoms with Crippen molar-refractivity contribution in [1.29, 1.82) is 0 Å². The molecule has 148 valence electrons. The summed E-state index contributed by atoms with van der Waals surface area (Å²) in [5.41, 5.74) is 1.05. The van der Waals surface area contributed by atoms with Crippen LogP contribution >= 0.6 is 24.0 Å². The molecule has 0 aliphatic rings. The number of nitrogens with zero attached hydrogens (tertiary/aromatic N) is 3. The van der Waals surface area contributed by atoms with Gasteiger partial charge < -0.3 is 19.9 Å². The Kier molecular flexibility index (Phi) is 10.5. The lowest BCUT2D eigenvalue weighted by Crippen LogP contribution is -2.38. The summed E-state index contributed by atoms with van der Waals surface area (Å²) < 4.78 is 10.9. The van der Waals surface area contributed by atoms with Crippen molar-refractivity contribution >= 4 is 29.9 Å². The minimum absolute atomic E-state index is 0. The number of aliphatic imine (C=N–C) groups is 1. The van der Waals surface area contributed by atoms with Gasteiger partial charge in [0.15, 0.2) is 11.8 Å². The Morgan fingerprint density at radius 3 is 2.78 bits per heavy atom. The van der Waals surface area contributed by atoms with E-state index in [4.69, 9.17) is 9.26 Å². The second-order valence-electron chi connectivity index (χ2n) is 6.01. The number of halogens is 1. The molecule has 2 rings (SSSR count). The summed E-state index contributed by atoms with van der Waals surface area (Å²) in [6, 6.07) is 7.89. The van der Waals surface area contributed by atoms with Gasteiger partial charge in [0.2, 0.25) is 5.89 Å². The van der Waals surface area contributed by atoms with E-state index in [1.165, 1.54) is 0 Å². The van der Waals surface area contributed by atoms with Gasteiger partial charge in [-0.3, -0.25) is 4.99 Å². The van der Waals surface area contributed by atoms with E-state index in [-0.39, 0.29) is 29.9 Å². The van der Waals surface area contributed by atoms with Crippen LogP contribution in [0.5, 0.6) is 5.75 Å². The van der Waals surface area contributed by atoms with E-state index in [0.717, 1.165) is 17.1 Å². The molecular formula is C19H28IN5O2. The largest absolute Gasteiger partial charge is 0.489 e. The number of ether oxygens (including phenoxy) is 1. The molecule has 0 bridgehead atoms. The average molecular weight is 485 g/mol. The zero-order valence-corrected chi connectivity index (χ0v) is 18.4. The van der Waals surface area contributed by atoms with Crippen molar-refractivity contribution in [2.45, 2.75) is 32.7 Å². The predicted octanol–water partition coefficient (Wildman–Crippen LogP) is 3.28. The SMILES string of the molecule is C=CCOc1ccccc1CNC(=NC)NCCc1nc(C(C)C)no1.I. The summed E-state index contributed by atoms with van der Waals surface area (Å²) in [5.74, 6) is 3.16. The molecule has 0 radical (unpaired) electrons. The highest BCUT2D eigenvalue weighted by molar-refractivity contribution is 14.0. The second kappa shape index (κ2) is 12.3. The van der Waals surface area contributed by atoms with Gasteiger partial charge in [-0.05, 0) is 6.07 Å². The van der Waals surface area contributed by atoms with E-state index in [1.807, 2.05) is 38.1 Å². The lowest BCUT2D eigenvalue weighted by atomic mass is 10.2. The van der Waals surface area contributed by atoms with E-state index < -0.39 is 0 Å². The van der Waals surface area contributed by atoms with E-state index in [1.54, 1.807) is 13.1 Å². The zero-order chi connectivity index (χ0) is 18.8. The lowest BCUT2D eigenvalue weighted by Gasteiger charge is -2.14. The monoisotopic (exact) mass is 485 g/mol. The van der Waals surface area contributed by atoms with Crippen molar-refractivity contribution in [3.8, 4) is 5.75 Å². The number of hydrogen-bond acceptors (Lipinski definition) is 5. The van der Waals surface area contributed by atoms with Crippen LogP contribution < -0.4 is 15.4 Å². The molecule has 2 aromatic rings. The molecule has 0 spiro atoms. The molecule has 0 saturated heterocycles. The summed E-state index contributed by atoms with van der Waals surface area (Å²) in [7, 11) is 1.74. The fourth-order valence-electron chi connectivity index (χ4n) is 2.23. The fourth-order valence-corrected chi connectivity index (χ4v) is 2.23. The van der Waals surface area contributed by atoms with Gasteiger partial charge in [0.05, 0.1) is 0 Å². The first-order chi connectivity index (χ1) is 12.6. The van der Waals surface area contributed by atoms with Crippen molar-refractivity contribution in [2.75, 3.05) is 20.2 Å². The second-order valence-corrected chi connectivity index (χ2v) is 6.01. The molecule has 0 atom stereocenters. The minimum Gasteiger partial charge on any atom is -0.489 e. The molecule has 0 amide bonds. The van der Waals surface area contributed by atoms with Crippen LogP contribution in [-0.4, -0.2) is 36.3 Å². The van der Waals surface area contributed by atoms with Gasteiger partial charge in [0, 0.05) is 38.0 Å². The average Bonchev–Trinajstić information content (AvgIpc) is 3.12. The number of nitrogens with one attached hydrogen (secondary N) is 2. The Morgan fingerprint density at radius 2 is 2.11 bits per heavy atom. The van der Waals surface area contributed by atoms with Crippen LogP contribution in [0, 0.1) is 0 Å².